The molecule has 1 N–H and O–H groups in total. The van der Waals surface area contributed by atoms with E-state index >= 15 is 0 Å². The fourth-order valence-corrected chi connectivity index (χ4v) is 3.35. The molecule has 1 amide bonds. The van der Waals surface area contributed by atoms with Crippen molar-refractivity contribution < 1.29 is 19.0 Å². The molecule has 1 aliphatic rings. The van der Waals surface area contributed by atoms with Gasteiger partial charge in [0.25, 0.3) is 5.91 Å². The van der Waals surface area contributed by atoms with E-state index in [0.29, 0.717) is 23.6 Å². The molecule has 144 valence electrons. The number of benzene rings is 2. The van der Waals surface area contributed by atoms with Crippen molar-refractivity contribution >= 4 is 11.6 Å². The SMILES string of the molecule is COc1ccc(N[C@@H]2CCCN(C(=O)c3ccc(OC)cc3OC)C2)cc1. The van der Waals surface area contributed by atoms with Gasteiger partial charge in [-0.25, -0.2) is 0 Å². The van der Waals surface area contributed by atoms with Crippen molar-refractivity contribution in [3.63, 3.8) is 0 Å². The number of hydrogen-bond donors (Lipinski definition) is 1. The standard InChI is InChI=1S/C21H26N2O4/c1-25-17-8-6-15(7-9-17)22-16-5-4-12-23(14-16)21(24)19-11-10-18(26-2)13-20(19)27-3/h6-11,13,16,22H,4-5,12,14H2,1-3H3/t16-/m1/s1. The Morgan fingerprint density at radius 1 is 1.00 bits per heavy atom. The second-order valence-corrected chi connectivity index (χ2v) is 6.53. The van der Waals surface area contributed by atoms with Gasteiger partial charge in [0, 0.05) is 30.9 Å². The Bertz CT molecular complexity index is 776. The maximum absolute atomic E-state index is 13.0. The predicted octanol–water partition coefficient (Wildman–Crippen LogP) is 3.43. The number of piperidine rings is 1. The maximum atomic E-state index is 13.0. The Hall–Kier alpha value is -2.89. The van der Waals surface area contributed by atoms with Crippen LogP contribution < -0.4 is 19.5 Å². The van der Waals surface area contributed by atoms with Crippen molar-refractivity contribution in [3.8, 4) is 17.2 Å². The summed E-state index contributed by atoms with van der Waals surface area (Å²) in [6.45, 7) is 1.40. The van der Waals surface area contributed by atoms with E-state index in [1.807, 2.05) is 29.2 Å². The first-order valence-electron chi connectivity index (χ1n) is 9.06. The zero-order valence-electron chi connectivity index (χ0n) is 16.0. The van der Waals surface area contributed by atoms with E-state index in [9.17, 15) is 4.79 Å². The molecule has 0 unspecified atom stereocenters. The molecule has 2 aromatic rings. The molecule has 1 aliphatic heterocycles. The van der Waals surface area contributed by atoms with E-state index in [4.69, 9.17) is 14.2 Å². The summed E-state index contributed by atoms with van der Waals surface area (Å²) in [5.74, 6) is 2.01. The van der Waals surface area contributed by atoms with Gasteiger partial charge in [0.1, 0.15) is 17.2 Å². The Balaban J connectivity index is 1.69. The van der Waals surface area contributed by atoms with Gasteiger partial charge in [-0.2, -0.15) is 0 Å². The highest BCUT2D eigenvalue weighted by Crippen LogP contribution is 2.27. The van der Waals surface area contributed by atoms with Gasteiger partial charge in [-0.1, -0.05) is 0 Å². The number of nitrogens with zero attached hydrogens (tertiary/aromatic N) is 1. The molecular formula is C21H26N2O4. The van der Waals surface area contributed by atoms with Gasteiger partial charge >= 0.3 is 0 Å². The molecule has 1 heterocycles. The number of nitrogens with one attached hydrogen (secondary N) is 1. The molecule has 0 saturated carbocycles. The molecule has 1 fully saturated rings. The number of rotatable bonds is 6. The van der Waals surface area contributed by atoms with Crippen molar-refractivity contribution in [1.29, 1.82) is 0 Å². The third kappa shape index (κ3) is 4.45. The molecule has 0 spiro atoms. The van der Waals surface area contributed by atoms with Crippen molar-refractivity contribution in [2.75, 3.05) is 39.7 Å². The van der Waals surface area contributed by atoms with Crippen molar-refractivity contribution in [3.05, 3.63) is 48.0 Å². The highest BCUT2D eigenvalue weighted by atomic mass is 16.5. The number of likely N-dealkylation sites (tertiary alicyclic amines) is 1. The summed E-state index contributed by atoms with van der Waals surface area (Å²) in [5.41, 5.74) is 1.58. The summed E-state index contributed by atoms with van der Waals surface area (Å²) >= 11 is 0. The first-order valence-corrected chi connectivity index (χ1v) is 9.06. The summed E-state index contributed by atoms with van der Waals surface area (Å²) in [6.07, 6.45) is 1.98. The molecule has 1 saturated heterocycles. The van der Waals surface area contributed by atoms with Crippen molar-refractivity contribution in [2.45, 2.75) is 18.9 Å². The highest BCUT2D eigenvalue weighted by molar-refractivity contribution is 5.97. The van der Waals surface area contributed by atoms with Gasteiger partial charge in [-0.05, 0) is 49.2 Å². The summed E-state index contributed by atoms with van der Waals surface area (Å²) in [7, 11) is 4.81. The Kier molecular flexibility index (Phi) is 6.06. The van der Waals surface area contributed by atoms with Gasteiger partial charge in [0.05, 0.1) is 26.9 Å². The molecule has 3 rings (SSSR count). The third-order valence-corrected chi connectivity index (χ3v) is 4.81. The van der Waals surface area contributed by atoms with Gasteiger partial charge in [0.15, 0.2) is 0 Å². The van der Waals surface area contributed by atoms with E-state index in [1.54, 1.807) is 39.5 Å². The Labute approximate surface area is 160 Å². The average Bonchev–Trinajstić information content (AvgIpc) is 2.73. The van der Waals surface area contributed by atoms with Crippen LogP contribution in [0.1, 0.15) is 23.2 Å². The number of anilines is 1. The Morgan fingerprint density at radius 3 is 2.37 bits per heavy atom. The number of carbonyl (C=O) groups is 1. The van der Waals surface area contributed by atoms with Crippen LogP contribution in [0.25, 0.3) is 0 Å². The molecular weight excluding hydrogens is 344 g/mol. The summed E-state index contributed by atoms with van der Waals surface area (Å²) in [4.78, 5) is 14.9. The number of ether oxygens (including phenoxy) is 3. The topological polar surface area (TPSA) is 60.0 Å². The van der Waals surface area contributed by atoms with Crippen LogP contribution in [0.4, 0.5) is 5.69 Å². The zero-order chi connectivity index (χ0) is 19.2. The van der Waals surface area contributed by atoms with Crippen LogP contribution in [0.5, 0.6) is 17.2 Å². The average molecular weight is 370 g/mol. The molecule has 0 aliphatic carbocycles. The van der Waals surface area contributed by atoms with Gasteiger partial charge < -0.3 is 24.4 Å². The smallest absolute Gasteiger partial charge is 0.257 e. The number of methoxy groups -OCH3 is 3. The van der Waals surface area contributed by atoms with Gasteiger partial charge in [-0.15, -0.1) is 0 Å². The number of hydrogen-bond acceptors (Lipinski definition) is 5. The quantitative estimate of drug-likeness (QED) is 0.844. The highest BCUT2D eigenvalue weighted by Gasteiger charge is 2.26. The second kappa shape index (κ2) is 8.66. The number of amides is 1. The molecule has 0 radical (unpaired) electrons. The minimum absolute atomic E-state index is 0.0178. The normalized spacial score (nSPS) is 16.6. The lowest BCUT2D eigenvalue weighted by molar-refractivity contribution is 0.0711. The maximum Gasteiger partial charge on any atom is 0.257 e. The fourth-order valence-electron chi connectivity index (χ4n) is 3.35. The first kappa shape index (κ1) is 18.9. The minimum Gasteiger partial charge on any atom is -0.497 e. The van der Waals surface area contributed by atoms with Gasteiger partial charge in [-0.3, -0.25) is 4.79 Å². The monoisotopic (exact) mass is 370 g/mol. The minimum atomic E-state index is -0.0178. The van der Waals surface area contributed by atoms with Gasteiger partial charge in [0.2, 0.25) is 0 Å². The summed E-state index contributed by atoms with van der Waals surface area (Å²) in [6, 6.07) is 13.3. The predicted molar refractivity (Wildman–Crippen MR) is 105 cm³/mol. The van der Waals surface area contributed by atoms with E-state index < -0.39 is 0 Å². The van der Waals surface area contributed by atoms with Crippen LogP contribution >= 0.6 is 0 Å². The van der Waals surface area contributed by atoms with Crippen LogP contribution in [0.2, 0.25) is 0 Å². The molecule has 27 heavy (non-hydrogen) atoms. The number of carbonyl (C=O) groups excluding carboxylic acids is 1. The lowest BCUT2D eigenvalue weighted by Gasteiger charge is -2.34. The zero-order valence-corrected chi connectivity index (χ0v) is 16.0. The molecule has 6 nitrogen and oxygen atoms in total. The molecule has 1 atom stereocenters. The van der Waals surface area contributed by atoms with Crippen molar-refractivity contribution in [1.82, 2.24) is 4.90 Å². The van der Waals surface area contributed by atoms with Crippen LogP contribution in [-0.2, 0) is 0 Å². The fraction of sp³-hybridized carbons (Fsp3) is 0.381. The Morgan fingerprint density at radius 2 is 1.70 bits per heavy atom. The van der Waals surface area contributed by atoms with E-state index in [1.165, 1.54) is 0 Å². The summed E-state index contributed by atoms with van der Waals surface area (Å²) in [5, 5.41) is 3.51. The lowest BCUT2D eigenvalue weighted by atomic mass is 10.0. The van der Waals surface area contributed by atoms with E-state index in [0.717, 1.165) is 30.8 Å². The summed E-state index contributed by atoms with van der Waals surface area (Å²) < 4.78 is 15.8. The van der Waals surface area contributed by atoms with Crippen LogP contribution in [-0.4, -0.2) is 51.3 Å². The van der Waals surface area contributed by atoms with Crippen molar-refractivity contribution in [2.24, 2.45) is 0 Å². The molecule has 6 heteroatoms. The largest absolute Gasteiger partial charge is 0.497 e. The molecule has 0 bridgehead atoms. The second-order valence-electron chi connectivity index (χ2n) is 6.53. The first-order chi connectivity index (χ1) is 13.1. The van der Waals surface area contributed by atoms with E-state index in [2.05, 4.69) is 5.32 Å². The van der Waals surface area contributed by atoms with Crippen LogP contribution in [0, 0.1) is 0 Å². The lowest BCUT2D eigenvalue weighted by Crippen LogP contribution is -2.45. The van der Waals surface area contributed by atoms with Crippen LogP contribution in [0.3, 0.4) is 0 Å². The van der Waals surface area contributed by atoms with E-state index in [-0.39, 0.29) is 11.9 Å². The molecule has 0 aromatic heterocycles. The third-order valence-electron chi connectivity index (χ3n) is 4.81. The van der Waals surface area contributed by atoms with Crippen LogP contribution in [0.15, 0.2) is 42.5 Å². The molecule has 2 aromatic carbocycles.